The third-order valence-electron chi connectivity index (χ3n) is 3.12. The Hall–Kier alpha value is -1.81. The molecule has 0 saturated carbocycles. The molecular formula is C16H19NO2S. The van der Waals surface area contributed by atoms with E-state index in [0.29, 0.717) is 5.69 Å². The van der Waals surface area contributed by atoms with Crippen LogP contribution < -0.4 is 4.72 Å². The average Bonchev–Trinajstić information content (AvgIpc) is 2.35. The van der Waals surface area contributed by atoms with E-state index in [1.54, 1.807) is 6.07 Å². The van der Waals surface area contributed by atoms with E-state index in [2.05, 4.69) is 4.72 Å². The predicted molar refractivity (Wildman–Crippen MR) is 83.3 cm³/mol. The van der Waals surface area contributed by atoms with Crippen LogP contribution >= 0.6 is 0 Å². The van der Waals surface area contributed by atoms with Gasteiger partial charge in [-0.05, 0) is 38.0 Å². The number of aryl methyl sites for hydroxylation is 3. The molecular weight excluding hydrogens is 270 g/mol. The summed E-state index contributed by atoms with van der Waals surface area (Å²) in [6.45, 7) is 5.86. The number of nitrogens with one attached hydrogen (secondary N) is 1. The summed E-state index contributed by atoms with van der Waals surface area (Å²) in [6, 6.07) is 13.2. The van der Waals surface area contributed by atoms with Crippen LogP contribution in [0.25, 0.3) is 0 Å². The fourth-order valence-electron chi connectivity index (χ4n) is 2.04. The van der Waals surface area contributed by atoms with Gasteiger partial charge in [-0.3, -0.25) is 4.72 Å². The summed E-state index contributed by atoms with van der Waals surface area (Å²) in [5.74, 6) is -0.0133. The minimum Gasteiger partial charge on any atom is -0.283 e. The maximum atomic E-state index is 12.2. The Balaban J connectivity index is 2.17. The highest BCUT2D eigenvalue weighted by molar-refractivity contribution is 7.91. The normalized spacial score (nSPS) is 11.3. The van der Waals surface area contributed by atoms with Gasteiger partial charge in [-0.25, -0.2) is 8.42 Å². The third-order valence-corrected chi connectivity index (χ3v) is 4.37. The first-order valence-electron chi connectivity index (χ1n) is 6.49. The second-order valence-corrected chi connectivity index (χ2v) is 6.89. The lowest BCUT2D eigenvalue weighted by molar-refractivity contribution is 0.600. The molecule has 0 bridgehead atoms. The molecule has 0 fully saturated rings. The monoisotopic (exact) mass is 289 g/mol. The van der Waals surface area contributed by atoms with Crippen molar-refractivity contribution in [2.45, 2.75) is 26.5 Å². The molecule has 0 aliphatic carbocycles. The second kappa shape index (κ2) is 5.67. The molecule has 0 aliphatic heterocycles. The first-order chi connectivity index (χ1) is 9.35. The molecule has 3 nitrogen and oxygen atoms in total. The van der Waals surface area contributed by atoms with E-state index < -0.39 is 10.0 Å². The number of hydrogen-bond acceptors (Lipinski definition) is 2. The van der Waals surface area contributed by atoms with Crippen LogP contribution in [-0.2, 0) is 15.8 Å². The van der Waals surface area contributed by atoms with Crippen LogP contribution in [0.1, 0.15) is 22.3 Å². The lowest BCUT2D eigenvalue weighted by atomic mass is 10.1. The Morgan fingerprint density at radius 2 is 1.50 bits per heavy atom. The lowest BCUT2D eigenvalue weighted by Gasteiger charge is -2.11. The van der Waals surface area contributed by atoms with Gasteiger partial charge in [0.15, 0.2) is 0 Å². The Morgan fingerprint density at radius 1 is 0.900 bits per heavy atom. The Labute approximate surface area is 120 Å². The van der Waals surface area contributed by atoms with Crippen molar-refractivity contribution < 1.29 is 8.42 Å². The Morgan fingerprint density at radius 3 is 2.10 bits per heavy atom. The van der Waals surface area contributed by atoms with Crippen molar-refractivity contribution in [1.29, 1.82) is 0 Å². The van der Waals surface area contributed by atoms with Gasteiger partial charge in [0.2, 0.25) is 10.0 Å². The van der Waals surface area contributed by atoms with Gasteiger partial charge in [0, 0.05) is 0 Å². The van der Waals surface area contributed by atoms with Crippen molar-refractivity contribution in [3.8, 4) is 0 Å². The molecule has 0 heterocycles. The predicted octanol–water partition coefficient (Wildman–Crippen LogP) is 3.55. The number of hydrogen-bond donors (Lipinski definition) is 1. The van der Waals surface area contributed by atoms with E-state index in [4.69, 9.17) is 0 Å². The van der Waals surface area contributed by atoms with Gasteiger partial charge >= 0.3 is 0 Å². The van der Waals surface area contributed by atoms with Crippen molar-refractivity contribution in [3.63, 3.8) is 0 Å². The molecule has 0 radical (unpaired) electrons. The van der Waals surface area contributed by atoms with Crippen molar-refractivity contribution in [2.75, 3.05) is 4.72 Å². The third kappa shape index (κ3) is 3.84. The molecule has 4 heteroatoms. The highest BCUT2D eigenvalue weighted by Gasteiger charge is 2.12. The van der Waals surface area contributed by atoms with E-state index in [-0.39, 0.29) is 5.75 Å². The zero-order valence-corrected chi connectivity index (χ0v) is 12.8. The Kier molecular flexibility index (Phi) is 4.14. The number of sulfonamides is 1. The van der Waals surface area contributed by atoms with Crippen LogP contribution in [0.4, 0.5) is 5.69 Å². The van der Waals surface area contributed by atoms with Crippen LogP contribution in [0.3, 0.4) is 0 Å². The molecule has 20 heavy (non-hydrogen) atoms. The summed E-state index contributed by atoms with van der Waals surface area (Å²) in [5, 5.41) is 0. The standard InChI is InChI=1S/C16H19NO2S/c1-12-4-7-15(8-5-12)11-20(18,19)17-16-9-6-13(2)10-14(16)3/h4-10,17H,11H2,1-3H3. The number of benzene rings is 2. The largest absolute Gasteiger partial charge is 0.283 e. The van der Waals surface area contributed by atoms with Gasteiger partial charge < -0.3 is 0 Å². The van der Waals surface area contributed by atoms with Gasteiger partial charge in [0.05, 0.1) is 11.4 Å². The summed E-state index contributed by atoms with van der Waals surface area (Å²) in [7, 11) is -3.39. The van der Waals surface area contributed by atoms with Crippen molar-refractivity contribution in [3.05, 3.63) is 64.7 Å². The van der Waals surface area contributed by atoms with E-state index in [1.165, 1.54) is 0 Å². The number of rotatable bonds is 4. The van der Waals surface area contributed by atoms with E-state index in [9.17, 15) is 8.42 Å². The molecule has 106 valence electrons. The molecule has 0 aliphatic rings. The van der Waals surface area contributed by atoms with Crippen LogP contribution in [0.5, 0.6) is 0 Å². The smallest absolute Gasteiger partial charge is 0.236 e. The van der Waals surface area contributed by atoms with E-state index in [0.717, 1.165) is 22.3 Å². The fraction of sp³-hybridized carbons (Fsp3) is 0.250. The molecule has 0 atom stereocenters. The molecule has 0 amide bonds. The van der Waals surface area contributed by atoms with Crippen LogP contribution in [-0.4, -0.2) is 8.42 Å². The van der Waals surface area contributed by atoms with Gasteiger partial charge in [0.25, 0.3) is 0 Å². The molecule has 2 aromatic carbocycles. The molecule has 0 spiro atoms. The fourth-order valence-corrected chi connectivity index (χ4v) is 3.30. The lowest BCUT2D eigenvalue weighted by Crippen LogP contribution is -2.15. The number of anilines is 1. The van der Waals surface area contributed by atoms with Gasteiger partial charge in [-0.15, -0.1) is 0 Å². The van der Waals surface area contributed by atoms with Crippen molar-refractivity contribution >= 4 is 15.7 Å². The van der Waals surface area contributed by atoms with Gasteiger partial charge in [-0.2, -0.15) is 0 Å². The first-order valence-corrected chi connectivity index (χ1v) is 8.14. The molecule has 1 N–H and O–H groups in total. The first kappa shape index (κ1) is 14.6. The zero-order chi connectivity index (χ0) is 14.8. The topological polar surface area (TPSA) is 46.2 Å². The summed E-state index contributed by atoms with van der Waals surface area (Å²) in [4.78, 5) is 0. The van der Waals surface area contributed by atoms with Gasteiger partial charge in [-0.1, -0.05) is 47.5 Å². The quantitative estimate of drug-likeness (QED) is 0.935. The SMILES string of the molecule is Cc1ccc(CS(=O)(=O)Nc2ccc(C)cc2C)cc1. The second-order valence-electron chi connectivity index (χ2n) is 5.17. The minimum absolute atomic E-state index is 0.0133. The van der Waals surface area contributed by atoms with Crippen LogP contribution in [0.15, 0.2) is 42.5 Å². The molecule has 0 aromatic heterocycles. The van der Waals surface area contributed by atoms with Crippen LogP contribution in [0.2, 0.25) is 0 Å². The summed E-state index contributed by atoms with van der Waals surface area (Å²) in [6.07, 6.45) is 0. The van der Waals surface area contributed by atoms with Crippen molar-refractivity contribution in [1.82, 2.24) is 0 Å². The van der Waals surface area contributed by atoms with Crippen molar-refractivity contribution in [2.24, 2.45) is 0 Å². The molecule has 2 aromatic rings. The summed E-state index contributed by atoms with van der Waals surface area (Å²) < 4.78 is 27.0. The zero-order valence-electron chi connectivity index (χ0n) is 12.0. The molecule has 2 rings (SSSR count). The highest BCUT2D eigenvalue weighted by atomic mass is 32.2. The maximum Gasteiger partial charge on any atom is 0.236 e. The minimum atomic E-state index is -3.39. The van der Waals surface area contributed by atoms with E-state index >= 15 is 0 Å². The maximum absolute atomic E-state index is 12.2. The van der Waals surface area contributed by atoms with E-state index in [1.807, 2.05) is 57.2 Å². The summed E-state index contributed by atoms with van der Waals surface area (Å²) in [5.41, 5.74) is 4.59. The summed E-state index contributed by atoms with van der Waals surface area (Å²) >= 11 is 0. The van der Waals surface area contributed by atoms with Crippen LogP contribution in [0, 0.1) is 20.8 Å². The Bertz CT molecular complexity index is 704. The average molecular weight is 289 g/mol. The van der Waals surface area contributed by atoms with Gasteiger partial charge in [0.1, 0.15) is 0 Å². The molecule has 0 unspecified atom stereocenters. The highest BCUT2D eigenvalue weighted by Crippen LogP contribution is 2.19. The molecule has 0 saturated heterocycles.